The highest BCUT2D eigenvalue weighted by atomic mass is 79.9. The molecule has 1 aliphatic heterocycles. The monoisotopic (exact) mass is 502 g/mol. The van der Waals surface area contributed by atoms with E-state index in [1.165, 1.54) is 23.9 Å². The number of hydrogen-bond acceptors (Lipinski definition) is 5. The average molecular weight is 503 g/mol. The Hall–Kier alpha value is -2.58. The van der Waals surface area contributed by atoms with E-state index in [1.807, 2.05) is 31.2 Å². The van der Waals surface area contributed by atoms with Crippen molar-refractivity contribution in [1.82, 2.24) is 4.90 Å². The van der Waals surface area contributed by atoms with Crippen LogP contribution in [0.4, 0.5) is 5.69 Å². The van der Waals surface area contributed by atoms with Gasteiger partial charge in [-0.1, -0.05) is 29.3 Å². The van der Waals surface area contributed by atoms with Gasteiger partial charge in [-0.3, -0.25) is 9.69 Å². The number of carbonyl (C=O) groups is 2. The second kappa shape index (κ2) is 10.6. The molecule has 31 heavy (non-hydrogen) atoms. The number of likely N-dealkylation sites (N-methyl/N-ethyl adjacent to an activating group) is 1. The predicted octanol–water partition coefficient (Wildman–Crippen LogP) is 5.95. The third kappa shape index (κ3) is 5.77. The van der Waals surface area contributed by atoms with Crippen LogP contribution in [0.5, 0.6) is 5.75 Å². The smallest absolute Gasteiger partial charge is 0.335 e. The van der Waals surface area contributed by atoms with E-state index in [0.717, 1.165) is 28.6 Å². The van der Waals surface area contributed by atoms with Gasteiger partial charge in [-0.15, -0.1) is 0 Å². The number of carbonyl (C=O) groups excluding carboxylic acids is 1. The van der Waals surface area contributed by atoms with Gasteiger partial charge in [0.15, 0.2) is 5.17 Å². The van der Waals surface area contributed by atoms with Crippen molar-refractivity contribution in [3.05, 3.63) is 63.0 Å². The molecular formula is C23H23BrN2O4S. The molecule has 2 aromatic carbocycles. The Morgan fingerprint density at radius 3 is 2.61 bits per heavy atom. The summed E-state index contributed by atoms with van der Waals surface area (Å²) in [7, 11) is 0. The van der Waals surface area contributed by atoms with Gasteiger partial charge >= 0.3 is 5.97 Å². The molecule has 162 valence electrons. The second-order valence-corrected chi connectivity index (χ2v) is 8.72. The van der Waals surface area contributed by atoms with Crippen LogP contribution in [0.2, 0.25) is 0 Å². The Kier molecular flexibility index (Phi) is 7.92. The Morgan fingerprint density at radius 2 is 1.97 bits per heavy atom. The lowest BCUT2D eigenvalue weighted by molar-refractivity contribution is -0.122. The number of amides is 1. The Balaban J connectivity index is 1.90. The molecule has 1 amide bonds. The molecule has 1 heterocycles. The fourth-order valence-corrected chi connectivity index (χ4v) is 4.32. The summed E-state index contributed by atoms with van der Waals surface area (Å²) >= 11 is 4.78. The largest absolute Gasteiger partial charge is 0.493 e. The number of benzene rings is 2. The number of hydrogen-bond donors (Lipinski definition) is 1. The summed E-state index contributed by atoms with van der Waals surface area (Å²) in [6.45, 7) is 5.10. The minimum absolute atomic E-state index is 0.118. The number of amidine groups is 1. The second-order valence-electron chi connectivity index (χ2n) is 6.79. The summed E-state index contributed by atoms with van der Waals surface area (Å²) in [4.78, 5) is 30.7. The molecule has 8 heteroatoms. The third-order valence-corrected chi connectivity index (χ3v) is 6.06. The number of aromatic carboxylic acids is 1. The SMILES string of the molecule is CCCCOc1ccc(Br)cc1/C=C1/SC(=Nc2ccc(C(=O)O)cc2)N(CC)C1=O. The number of ether oxygens (including phenoxy) is 1. The first-order valence-corrected chi connectivity index (χ1v) is 11.6. The van der Waals surface area contributed by atoms with Crippen molar-refractivity contribution < 1.29 is 19.4 Å². The van der Waals surface area contributed by atoms with Gasteiger partial charge in [0.2, 0.25) is 0 Å². The van der Waals surface area contributed by atoms with E-state index >= 15 is 0 Å². The molecule has 0 spiro atoms. The highest BCUT2D eigenvalue weighted by Crippen LogP contribution is 2.36. The zero-order valence-corrected chi connectivity index (χ0v) is 19.7. The molecule has 2 aromatic rings. The predicted molar refractivity (Wildman–Crippen MR) is 128 cm³/mol. The first-order valence-electron chi connectivity index (χ1n) is 9.98. The van der Waals surface area contributed by atoms with Crippen molar-refractivity contribution in [3.8, 4) is 5.75 Å². The molecule has 1 aliphatic rings. The van der Waals surface area contributed by atoms with Crippen molar-refractivity contribution >= 4 is 56.5 Å². The van der Waals surface area contributed by atoms with Crippen LogP contribution >= 0.6 is 27.7 Å². The number of carboxylic acid groups (broad SMARTS) is 1. The molecule has 3 rings (SSSR count). The number of halogens is 1. The molecule has 1 fully saturated rings. The highest BCUT2D eigenvalue weighted by molar-refractivity contribution is 9.10. The maximum Gasteiger partial charge on any atom is 0.335 e. The number of thioether (sulfide) groups is 1. The molecular weight excluding hydrogens is 480 g/mol. The number of carboxylic acids is 1. The Labute approximate surface area is 194 Å². The molecule has 0 bridgehead atoms. The summed E-state index contributed by atoms with van der Waals surface area (Å²) in [6, 6.07) is 12.0. The van der Waals surface area contributed by atoms with Crippen molar-refractivity contribution in [2.24, 2.45) is 4.99 Å². The van der Waals surface area contributed by atoms with Crippen LogP contribution in [-0.4, -0.2) is 40.2 Å². The number of nitrogens with zero attached hydrogens (tertiary/aromatic N) is 2. The lowest BCUT2D eigenvalue weighted by Crippen LogP contribution is -2.28. The van der Waals surface area contributed by atoms with Crippen molar-refractivity contribution in [3.63, 3.8) is 0 Å². The van der Waals surface area contributed by atoms with E-state index in [-0.39, 0.29) is 11.5 Å². The quantitative estimate of drug-likeness (QED) is 0.356. The van der Waals surface area contributed by atoms with E-state index in [1.54, 1.807) is 17.0 Å². The normalized spacial score (nSPS) is 16.4. The minimum Gasteiger partial charge on any atom is -0.493 e. The van der Waals surface area contributed by atoms with E-state index in [0.29, 0.717) is 28.9 Å². The maximum atomic E-state index is 13.0. The van der Waals surface area contributed by atoms with Gasteiger partial charge in [0.05, 0.1) is 22.8 Å². The Bertz CT molecular complexity index is 1030. The topological polar surface area (TPSA) is 79.2 Å². The fraction of sp³-hybridized carbons (Fsp3) is 0.261. The molecule has 0 aliphatic carbocycles. The standard InChI is InChI=1S/C23H23BrN2O4S/c1-3-5-12-30-19-11-8-17(24)13-16(19)14-20-21(27)26(4-2)23(31-20)25-18-9-6-15(7-10-18)22(28)29/h6-11,13-14H,3-5,12H2,1-2H3,(H,28,29)/b20-14+,25-23?. The van der Waals surface area contributed by atoms with Crippen LogP contribution in [0, 0.1) is 0 Å². The number of aliphatic imine (C=N–C) groups is 1. The molecule has 0 aromatic heterocycles. The highest BCUT2D eigenvalue weighted by Gasteiger charge is 2.32. The van der Waals surface area contributed by atoms with Crippen LogP contribution < -0.4 is 4.74 Å². The molecule has 0 saturated carbocycles. The van der Waals surface area contributed by atoms with E-state index in [4.69, 9.17) is 9.84 Å². The summed E-state index contributed by atoms with van der Waals surface area (Å²) in [5, 5.41) is 9.61. The molecule has 1 N–H and O–H groups in total. The van der Waals surface area contributed by atoms with Gasteiger partial charge in [0.1, 0.15) is 5.75 Å². The van der Waals surface area contributed by atoms with E-state index in [2.05, 4.69) is 27.8 Å². The lowest BCUT2D eigenvalue weighted by atomic mass is 10.2. The van der Waals surface area contributed by atoms with E-state index in [9.17, 15) is 9.59 Å². The van der Waals surface area contributed by atoms with Crippen LogP contribution in [-0.2, 0) is 4.79 Å². The minimum atomic E-state index is -0.990. The third-order valence-electron chi connectivity index (χ3n) is 4.56. The maximum absolute atomic E-state index is 13.0. The summed E-state index contributed by atoms with van der Waals surface area (Å²) in [5.74, 6) is -0.376. The van der Waals surface area contributed by atoms with Crippen LogP contribution in [0.1, 0.15) is 42.6 Å². The Morgan fingerprint density at radius 1 is 1.23 bits per heavy atom. The van der Waals surface area contributed by atoms with Crippen LogP contribution in [0.15, 0.2) is 56.8 Å². The zero-order valence-electron chi connectivity index (χ0n) is 17.3. The molecule has 0 atom stereocenters. The van der Waals surface area contributed by atoms with Crippen molar-refractivity contribution in [1.29, 1.82) is 0 Å². The van der Waals surface area contributed by atoms with Gasteiger partial charge in [0.25, 0.3) is 5.91 Å². The zero-order chi connectivity index (χ0) is 22.4. The molecule has 0 unspecified atom stereocenters. The van der Waals surface area contributed by atoms with Gasteiger partial charge < -0.3 is 9.84 Å². The average Bonchev–Trinajstić information content (AvgIpc) is 3.04. The summed E-state index contributed by atoms with van der Waals surface area (Å²) < 4.78 is 6.81. The van der Waals surface area contributed by atoms with Crippen LogP contribution in [0.3, 0.4) is 0 Å². The first kappa shape index (κ1) is 23.1. The van der Waals surface area contributed by atoms with E-state index < -0.39 is 5.97 Å². The fourth-order valence-electron chi connectivity index (χ4n) is 2.89. The van der Waals surface area contributed by atoms with Gasteiger partial charge in [0, 0.05) is 16.6 Å². The number of rotatable bonds is 8. The first-order chi connectivity index (χ1) is 14.9. The van der Waals surface area contributed by atoms with Gasteiger partial charge in [-0.2, -0.15) is 0 Å². The van der Waals surface area contributed by atoms with Crippen molar-refractivity contribution in [2.45, 2.75) is 26.7 Å². The summed E-state index contributed by atoms with van der Waals surface area (Å²) in [5.41, 5.74) is 1.60. The summed E-state index contributed by atoms with van der Waals surface area (Å²) in [6.07, 6.45) is 3.83. The van der Waals surface area contributed by atoms with Gasteiger partial charge in [-0.05, 0) is 73.6 Å². The van der Waals surface area contributed by atoms with Gasteiger partial charge in [-0.25, -0.2) is 9.79 Å². The molecule has 6 nitrogen and oxygen atoms in total. The number of unbranched alkanes of at least 4 members (excludes halogenated alkanes) is 1. The van der Waals surface area contributed by atoms with Crippen LogP contribution in [0.25, 0.3) is 6.08 Å². The van der Waals surface area contributed by atoms with Crippen molar-refractivity contribution in [2.75, 3.05) is 13.2 Å². The molecule has 0 radical (unpaired) electrons. The molecule has 1 saturated heterocycles. The lowest BCUT2D eigenvalue weighted by Gasteiger charge is -2.12.